The van der Waals surface area contributed by atoms with E-state index in [9.17, 15) is 9.59 Å². The van der Waals surface area contributed by atoms with Gasteiger partial charge in [-0.1, -0.05) is 18.2 Å². The van der Waals surface area contributed by atoms with Crippen molar-refractivity contribution >= 4 is 17.6 Å². The zero-order chi connectivity index (χ0) is 21.5. The number of nitrogens with one attached hydrogen (secondary N) is 1. The maximum Gasteiger partial charge on any atom is 0.308 e. The molecule has 0 bridgehead atoms. The van der Waals surface area contributed by atoms with E-state index < -0.39 is 5.60 Å². The SMILES string of the molecule is CC(=O)Oc1c(C)c(C)c2c(c1C)CCC(C)(C(=O)Nc1c(C)cccc1C)O2. The quantitative estimate of drug-likeness (QED) is 0.594. The number of ether oxygens (including phenoxy) is 2. The number of aryl methyl sites for hydroxylation is 2. The third-order valence-corrected chi connectivity index (χ3v) is 5.94. The second kappa shape index (κ2) is 7.54. The van der Waals surface area contributed by atoms with Gasteiger partial charge < -0.3 is 14.8 Å². The molecule has 154 valence electrons. The van der Waals surface area contributed by atoms with E-state index in [4.69, 9.17) is 9.47 Å². The molecule has 0 spiro atoms. The van der Waals surface area contributed by atoms with Crippen LogP contribution in [0.25, 0.3) is 0 Å². The van der Waals surface area contributed by atoms with Gasteiger partial charge in [-0.25, -0.2) is 0 Å². The van der Waals surface area contributed by atoms with Crippen LogP contribution < -0.4 is 14.8 Å². The normalized spacial score (nSPS) is 17.9. The maximum atomic E-state index is 13.2. The van der Waals surface area contributed by atoms with Crippen molar-refractivity contribution < 1.29 is 19.1 Å². The summed E-state index contributed by atoms with van der Waals surface area (Å²) in [6, 6.07) is 5.94. The van der Waals surface area contributed by atoms with Gasteiger partial charge in [0.1, 0.15) is 11.5 Å². The summed E-state index contributed by atoms with van der Waals surface area (Å²) in [6.07, 6.45) is 1.22. The summed E-state index contributed by atoms with van der Waals surface area (Å²) in [4.78, 5) is 24.7. The first kappa shape index (κ1) is 20.9. The van der Waals surface area contributed by atoms with E-state index in [-0.39, 0.29) is 11.9 Å². The fourth-order valence-electron chi connectivity index (χ4n) is 3.95. The second-order valence-corrected chi connectivity index (χ2v) is 8.16. The Balaban J connectivity index is 1.95. The van der Waals surface area contributed by atoms with E-state index in [0.717, 1.165) is 44.8 Å². The summed E-state index contributed by atoms with van der Waals surface area (Å²) >= 11 is 0. The number of benzene rings is 2. The van der Waals surface area contributed by atoms with Crippen LogP contribution >= 0.6 is 0 Å². The van der Waals surface area contributed by atoms with Gasteiger partial charge in [0.15, 0.2) is 5.60 Å². The summed E-state index contributed by atoms with van der Waals surface area (Å²) in [5, 5.41) is 3.07. The molecule has 3 rings (SSSR count). The number of carbonyl (C=O) groups excluding carboxylic acids is 2. The minimum atomic E-state index is -0.978. The van der Waals surface area contributed by atoms with E-state index in [1.54, 1.807) is 0 Å². The lowest BCUT2D eigenvalue weighted by molar-refractivity contribution is -0.132. The number of anilines is 1. The Morgan fingerprint density at radius 1 is 1.03 bits per heavy atom. The van der Waals surface area contributed by atoms with Crippen LogP contribution in [0.2, 0.25) is 0 Å². The van der Waals surface area contributed by atoms with Crippen molar-refractivity contribution in [2.75, 3.05) is 5.32 Å². The van der Waals surface area contributed by atoms with Crippen LogP contribution in [0.15, 0.2) is 18.2 Å². The van der Waals surface area contributed by atoms with Crippen molar-refractivity contribution in [1.29, 1.82) is 0 Å². The highest BCUT2D eigenvalue weighted by molar-refractivity contribution is 5.98. The standard InChI is InChI=1S/C24H29NO4/c1-13-9-8-10-14(2)20(13)25-23(27)24(7)12-11-19-17(5)21(28-18(6)26)15(3)16(4)22(19)29-24/h8-10H,11-12H2,1-7H3,(H,25,27). The Kier molecular flexibility index (Phi) is 5.44. The van der Waals surface area contributed by atoms with Gasteiger partial charge in [-0.05, 0) is 75.8 Å². The molecule has 0 aromatic heterocycles. The lowest BCUT2D eigenvalue weighted by Gasteiger charge is -2.37. The Labute approximate surface area is 172 Å². The monoisotopic (exact) mass is 395 g/mol. The predicted octanol–water partition coefficient (Wildman–Crippen LogP) is 4.88. The molecular weight excluding hydrogens is 366 g/mol. The van der Waals surface area contributed by atoms with Gasteiger partial charge in [-0.2, -0.15) is 0 Å². The number of rotatable bonds is 3. The Morgan fingerprint density at radius 3 is 2.24 bits per heavy atom. The van der Waals surface area contributed by atoms with Crippen LogP contribution in [0.4, 0.5) is 5.69 Å². The number of carbonyl (C=O) groups is 2. The summed E-state index contributed by atoms with van der Waals surface area (Å²) in [5.41, 5.74) is 5.55. The molecule has 5 nitrogen and oxygen atoms in total. The van der Waals surface area contributed by atoms with Gasteiger partial charge in [-0.3, -0.25) is 9.59 Å². The molecule has 29 heavy (non-hydrogen) atoms. The zero-order valence-electron chi connectivity index (χ0n) is 18.3. The maximum absolute atomic E-state index is 13.2. The van der Waals surface area contributed by atoms with E-state index in [1.807, 2.05) is 59.7 Å². The van der Waals surface area contributed by atoms with Crippen LogP contribution in [-0.2, 0) is 16.0 Å². The molecule has 0 saturated heterocycles. The highest BCUT2D eigenvalue weighted by Gasteiger charge is 2.41. The molecule has 1 atom stereocenters. The van der Waals surface area contributed by atoms with Gasteiger partial charge in [0.2, 0.25) is 0 Å². The first-order valence-corrected chi connectivity index (χ1v) is 9.93. The molecular formula is C24H29NO4. The number of fused-ring (bicyclic) bond motifs is 1. The van der Waals surface area contributed by atoms with Gasteiger partial charge in [0, 0.05) is 24.6 Å². The second-order valence-electron chi connectivity index (χ2n) is 8.16. The van der Waals surface area contributed by atoms with Crippen LogP contribution in [0.1, 0.15) is 53.6 Å². The minimum absolute atomic E-state index is 0.153. The molecule has 2 aromatic carbocycles. The number of hydrogen-bond acceptors (Lipinski definition) is 4. The summed E-state index contributed by atoms with van der Waals surface area (Å²) in [6.45, 7) is 13.0. The molecule has 5 heteroatoms. The summed E-state index contributed by atoms with van der Waals surface area (Å²) < 4.78 is 11.8. The van der Waals surface area contributed by atoms with Crippen LogP contribution in [-0.4, -0.2) is 17.5 Å². The molecule has 1 amide bonds. The minimum Gasteiger partial charge on any atom is -0.477 e. The van der Waals surface area contributed by atoms with E-state index >= 15 is 0 Å². The first-order valence-electron chi connectivity index (χ1n) is 9.93. The molecule has 1 unspecified atom stereocenters. The summed E-state index contributed by atoms with van der Waals surface area (Å²) in [7, 11) is 0. The molecule has 2 aromatic rings. The van der Waals surface area contributed by atoms with Crippen molar-refractivity contribution in [2.24, 2.45) is 0 Å². The topological polar surface area (TPSA) is 64.6 Å². The van der Waals surface area contributed by atoms with E-state index in [0.29, 0.717) is 18.6 Å². The molecule has 1 aliphatic heterocycles. The number of para-hydroxylation sites is 1. The van der Waals surface area contributed by atoms with Crippen molar-refractivity contribution in [3.05, 3.63) is 51.6 Å². The van der Waals surface area contributed by atoms with E-state index in [2.05, 4.69) is 5.32 Å². The van der Waals surface area contributed by atoms with Crippen LogP contribution in [0, 0.1) is 34.6 Å². The Bertz CT molecular complexity index is 988. The molecule has 1 aliphatic rings. The van der Waals surface area contributed by atoms with Crippen LogP contribution in [0.5, 0.6) is 11.5 Å². The average Bonchev–Trinajstić information content (AvgIpc) is 2.66. The highest BCUT2D eigenvalue weighted by Crippen LogP contribution is 2.44. The zero-order valence-corrected chi connectivity index (χ0v) is 18.3. The summed E-state index contributed by atoms with van der Waals surface area (Å²) in [5.74, 6) is 0.826. The van der Waals surface area contributed by atoms with Crippen LogP contribution in [0.3, 0.4) is 0 Å². The average molecular weight is 395 g/mol. The third kappa shape index (κ3) is 3.74. The Morgan fingerprint density at radius 2 is 1.66 bits per heavy atom. The lowest BCUT2D eigenvalue weighted by atomic mass is 9.86. The van der Waals surface area contributed by atoms with Crippen molar-refractivity contribution in [3.8, 4) is 11.5 Å². The fourth-order valence-corrected chi connectivity index (χ4v) is 3.95. The van der Waals surface area contributed by atoms with Crippen molar-refractivity contribution in [1.82, 2.24) is 0 Å². The molecule has 0 aliphatic carbocycles. The Hall–Kier alpha value is -2.82. The number of amides is 1. The molecule has 0 saturated carbocycles. The first-order chi connectivity index (χ1) is 13.5. The molecule has 1 heterocycles. The smallest absolute Gasteiger partial charge is 0.308 e. The number of esters is 1. The number of hydrogen-bond donors (Lipinski definition) is 1. The fraction of sp³-hybridized carbons (Fsp3) is 0.417. The highest BCUT2D eigenvalue weighted by atomic mass is 16.5. The lowest BCUT2D eigenvalue weighted by Crippen LogP contribution is -2.48. The largest absolute Gasteiger partial charge is 0.477 e. The molecule has 0 radical (unpaired) electrons. The van der Waals surface area contributed by atoms with Gasteiger partial charge >= 0.3 is 5.97 Å². The van der Waals surface area contributed by atoms with Gasteiger partial charge in [-0.15, -0.1) is 0 Å². The van der Waals surface area contributed by atoms with Gasteiger partial charge in [0.05, 0.1) is 0 Å². The van der Waals surface area contributed by atoms with E-state index in [1.165, 1.54) is 6.92 Å². The van der Waals surface area contributed by atoms with Crippen molar-refractivity contribution in [2.45, 2.75) is 66.9 Å². The van der Waals surface area contributed by atoms with Crippen molar-refractivity contribution in [3.63, 3.8) is 0 Å². The third-order valence-electron chi connectivity index (χ3n) is 5.94. The molecule has 1 N–H and O–H groups in total. The predicted molar refractivity (Wildman–Crippen MR) is 114 cm³/mol. The molecule has 0 fully saturated rings. The van der Waals surface area contributed by atoms with Gasteiger partial charge in [0.25, 0.3) is 5.91 Å².